The summed E-state index contributed by atoms with van der Waals surface area (Å²) in [5, 5.41) is 0.869. The molecule has 0 amide bonds. The molecule has 0 radical (unpaired) electrons. The number of halogens is 4. The molecule has 0 aromatic heterocycles. The fourth-order valence-electron chi connectivity index (χ4n) is 1.64. The van der Waals surface area contributed by atoms with E-state index in [1.165, 1.54) is 0 Å². The second-order valence-corrected chi connectivity index (χ2v) is 6.59. The van der Waals surface area contributed by atoms with E-state index >= 15 is 0 Å². The van der Waals surface area contributed by atoms with Gasteiger partial charge in [0.2, 0.25) is 0 Å². The fraction of sp³-hybridized carbons (Fsp3) is 0.0714. The summed E-state index contributed by atoms with van der Waals surface area (Å²) in [5.41, 5.74) is 1.98. The van der Waals surface area contributed by atoms with Gasteiger partial charge < -0.3 is 0 Å². The number of rotatable bonds is 2. The van der Waals surface area contributed by atoms with E-state index in [2.05, 4.69) is 31.9 Å². The van der Waals surface area contributed by atoms with E-state index in [0.29, 0.717) is 21.2 Å². The molecule has 5 heteroatoms. The molecule has 0 unspecified atom stereocenters. The highest BCUT2D eigenvalue weighted by Crippen LogP contribution is 2.30. The molecular formula is C14H8Br2Cl2O. The molecule has 98 valence electrons. The van der Waals surface area contributed by atoms with Crippen LogP contribution < -0.4 is 0 Å². The van der Waals surface area contributed by atoms with Crippen molar-refractivity contribution in [2.75, 3.05) is 0 Å². The van der Waals surface area contributed by atoms with Crippen molar-refractivity contribution in [3.63, 3.8) is 0 Å². The molecule has 0 spiro atoms. The third kappa shape index (κ3) is 3.22. The van der Waals surface area contributed by atoms with Crippen molar-refractivity contribution in [2.45, 2.75) is 6.92 Å². The van der Waals surface area contributed by atoms with E-state index in [0.717, 1.165) is 14.5 Å². The molecule has 0 aliphatic rings. The molecule has 0 fully saturated rings. The second kappa shape index (κ2) is 5.96. The highest BCUT2D eigenvalue weighted by molar-refractivity contribution is 9.11. The summed E-state index contributed by atoms with van der Waals surface area (Å²) in [5.74, 6) is -0.167. The number of carbonyl (C=O) groups is 1. The van der Waals surface area contributed by atoms with Crippen LogP contribution in [0.5, 0.6) is 0 Å². The van der Waals surface area contributed by atoms with E-state index < -0.39 is 0 Å². The van der Waals surface area contributed by atoms with Crippen LogP contribution in [-0.2, 0) is 0 Å². The summed E-state index contributed by atoms with van der Waals surface area (Å²) in [7, 11) is 0. The summed E-state index contributed by atoms with van der Waals surface area (Å²) in [6.07, 6.45) is 0. The normalized spacial score (nSPS) is 10.6. The lowest BCUT2D eigenvalue weighted by Crippen LogP contribution is -2.04. The van der Waals surface area contributed by atoms with Crippen molar-refractivity contribution in [3.05, 3.63) is 66.0 Å². The van der Waals surface area contributed by atoms with Gasteiger partial charge >= 0.3 is 0 Å². The first kappa shape index (κ1) is 15.0. The third-order valence-electron chi connectivity index (χ3n) is 2.67. The second-order valence-electron chi connectivity index (χ2n) is 4.03. The number of hydrogen-bond donors (Lipinski definition) is 0. The molecule has 0 aliphatic heterocycles. The summed E-state index contributed by atoms with van der Waals surface area (Å²) in [6.45, 7) is 1.95. The van der Waals surface area contributed by atoms with Crippen LogP contribution in [0, 0.1) is 6.92 Å². The molecule has 2 aromatic carbocycles. The van der Waals surface area contributed by atoms with Gasteiger partial charge in [-0.1, -0.05) is 55.1 Å². The maximum Gasteiger partial charge on any atom is 0.195 e. The minimum Gasteiger partial charge on any atom is -0.289 e. The number of hydrogen-bond acceptors (Lipinski definition) is 1. The smallest absolute Gasteiger partial charge is 0.195 e. The van der Waals surface area contributed by atoms with E-state index in [1.807, 2.05) is 13.0 Å². The molecule has 0 saturated carbocycles. The van der Waals surface area contributed by atoms with Gasteiger partial charge in [-0.2, -0.15) is 0 Å². The quantitative estimate of drug-likeness (QED) is 0.538. The zero-order chi connectivity index (χ0) is 14.2. The van der Waals surface area contributed by atoms with E-state index in [9.17, 15) is 4.79 Å². The van der Waals surface area contributed by atoms with Gasteiger partial charge in [0.15, 0.2) is 5.78 Å². The lowest BCUT2D eigenvalue weighted by atomic mass is 10.0. The van der Waals surface area contributed by atoms with Crippen LogP contribution in [0.15, 0.2) is 39.3 Å². The zero-order valence-corrected chi connectivity index (χ0v) is 14.5. The molecular weight excluding hydrogens is 415 g/mol. The molecule has 0 atom stereocenters. The van der Waals surface area contributed by atoms with Gasteiger partial charge in [-0.3, -0.25) is 4.79 Å². The van der Waals surface area contributed by atoms with Crippen LogP contribution in [0.3, 0.4) is 0 Å². The van der Waals surface area contributed by atoms with Crippen LogP contribution in [-0.4, -0.2) is 5.78 Å². The van der Waals surface area contributed by atoms with Gasteiger partial charge in [-0.05, 0) is 42.8 Å². The van der Waals surface area contributed by atoms with Gasteiger partial charge in [0.1, 0.15) is 0 Å². The first-order valence-corrected chi connectivity index (χ1v) is 7.69. The van der Waals surface area contributed by atoms with Crippen LogP contribution in [0.4, 0.5) is 0 Å². The fourth-order valence-corrected chi connectivity index (χ4v) is 2.99. The molecule has 0 bridgehead atoms. The Labute approximate surface area is 138 Å². The Bertz CT molecular complexity index is 669. The molecule has 2 aromatic rings. The average molecular weight is 423 g/mol. The molecule has 0 N–H and O–H groups in total. The van der Waals surface area contributed by atoms with Gasteiger partial charge in [-0.15, -0.1) is 0 Å². The summed E-state index contributed by atoms with van der Waals surface area (Å²) in [6, 6.07) is 8.51. The number of benzene rings is 2. The maximum atomic E-state index is 12.5. The third-order valence-corrected chi connectivity index (χ3v) is 4.74. The van der Waals surface area contributed by atoms with Gasteiger partial charge in [0, 0.05) is 25.1 Å². The van der Waals surface area contributed by atoms with Crippen molar-refractivity contribution < 1.29 is 4.79 Å². The lowest BCUT2D eigenvalue weighted by molar-refractivity contribution is 0.103. The Morgan fingerprint density at radius 1 is 1.00 bits per heavy atom. The Morgan fingerprint density at radius 2 is 1.68 bits per heavy atom. The Hall–Kier alpha value is -0.350. The van der Waals surface area contributed by atoms with Gasteiger partial charge in [-0.25, -0.2) is 0 Å². The summed E-state index contributed by atoms with van der Waals surface area (Å²) >= 11 is 18.8. The summed E-state index contributed by atoms with van der Waals surface area (Å²) < 4.78 is 1.60. The van der Waals surface area contributed by atoms with Crippen LogP contribution in [0.2, 0.25) is 10.0 Å². The molecule has 0 heterocycles. The highest BCUT2D eigenvalue weighted by atomic mass is 79.9. The molecule has 0 saturated heterocycles. The van der Waals surface area contributed by atoms with Crippen LogP contribution in [0.25, 0.3) is 0 Å². The number of carbonyl (C=O) groups excluding carboxylic acids is 1. The Balaban J connectivity index is 2.56. The van der Waals surface area contributed by atoms with E-state index in [-0.39, 0.29) is 5.78 Å². The molecule has 0 aliphatic carbocycles. The Morgan fingerprint density at radius 3 is 2.37 bits per heavy atom. The van der Waals surface area contributed by atoms with Gasteiger partial charge in [0.05, 0.1) is 5.02 Å². The van der Waals surface area contributed by atoms with E-state index in [4.69, 9.17) is 23.2 Å². The predicted molar refractivity (Wildman–Crippen MR) is 86.5 cm³/mol. The maximum absolute atomic E-state index is 12.5. The van der Waals surface area contributed by atoms with Crippen molar-refractivity contribution in [1.82, 2.24) is 0 Å². The number of ketones is 1. The molecule has 19 heavy (non-hydrogen) atoms. The van der Waals surface area contributed by atoms with Crippen molar-refractivity contribution in [3.8, 4) is 0 Å². The van der Waals surface area contributed by atoms with Crippen LogP contribution >= 0.6 is 55.1 Å². The lowest BCUT2D eigenvalue weighted by Gasteiger charge is -2.08. The minimum absolute atomic E-state index is 0.167. The van der Waals surface area contributed by atoms with Crippen LogP contribution in [0.1, 0.15) is 21.5 Å². The largest absolute Gasteiger partial charge is 0.289 e. The van der Waals surface area contributed by atoms with E-state index in [1.54, 1.807) is 24.3 Å². The van der Waals surface area contributed by atoms with Crippen molar-refractivity contribution >= 4 is 60.8 Å². The topological polar surface area (TPSA) is 17.1 Å². The first-order valence-electron chi connectivity index (χ1n) is 5.35. The molecule has 1 nitrogen and oxygen atoms in total. The summed E-state index contributed by atoms with van der Waals surface area (Å²) in [4.78, 5) is 12.5. The molecule has 2 rings (SSSR count). The Kier molecular flexibility index (Phi) is 4.72. The van der Waals surface area contributed by atoms with Crippen molar-refractivity contribution in [1.29, 1.82) is 0 Å². The minimum atomic E-state index is -0.167. The monoisotopic (exact) mass is 420 g/mol. The standard InChI is InChI=1S/C14H8Br2Cl2O/c1-7-4-12(16)9(6-11(7)15)14(19)10-5-8(17)2-3-13(10)18/h2-6H,1H3. The highest BCUT2D eigenvalue weighted by Gasteiger charge is 2.17. The average Bonchev–Trinajstić information content (AvgIpc) is 2.36. The number of aryl methyl sites for hydroxylation is 1. The predicted octanol–water partition coefficient (Wildman–Crippen LogP) is 6.06. The first-order chi connectivity index (χ1) is 8.90. The van der Waals surface area contributed by atoms with Crippen molar-refractivity contribution in [2.24, 2.45) is 0 Å². The SMILES string of the molecule is Cc1cc(Br)c(C(=O)c2cc(Cl)ccc2Cl)cc1Br. The van der Waals surface area contributed by atoms with Gasteiger partial charge in [0.25, 0.3) is 0 Å². The zero-order valence-electron chi connectivity index (χ0n) is 9.81.